The van der Waals surface area contributed by atoms with Crippen molar-refractivity contribution in [2.75, 3.05) is 0 Å². The van der Waals surface area contributed by atoms with Crippen molar-refractivity contribution in [2.24, 2.45) is 0 Å². The number of hydrogen-bond donors (Lipinski definition) is 1. The number of rotatable bonds is 3. The second kappa shape index (κ2) is 5.83. The highest BCUT2D eigenvalue weighted by atomic mass is 79.9. The lowest BCUT2D eigenvalue weighted by atomic mass is 10.00. The number of aliphatic hydroxyl groups is 1. The number of aromatic nitrogens is 1. The van der Waals surface area contributed by atoms with Crippen LogP contribution >= 0.6 is 27.5 Å². The van der Waals surface area contributed by atoms with Gasteiger partial charge in [-0.15, -0.1) is 0 Å². The molecule has 94 valence electrons. The van der Waals surface area contributed by atoms with Gasteiger partial charge >= 0.3 is 0 Å². The second-order valence-electron chi connectivity index (χ2n) is 4.19. The van der Waals surface area contributed by atoms with Gasteiger partial charge in [-0.05, 0) is 58.2 Å². The Hall–Kier alpha value is -0.900. The molecule has 0 saturated heterocycles. The molecule has 18 heavy (non-hydrogen) atoms. The van der Waals surface area contributed by atoms with Crippen LogP contribution < -0.4 is 0 Å². The van der Waals surface area contributed by atoms with Gasteiger partial charge in [-0.2, -0.15) is 0 Å². The zero-order valence-corrected chi connectivity index (χ0v) is 12.2. The van der Waals surface area contributed by atoms with E-state index in [1.807, 2.05) is 31.2 Å². The Morgan fingerprint density at radius 1 is 1.33 bits per heavy atom. The number of aryl methyl sites for hydroxylation is 1. The normalized spacial score (nSPS) is 12.4. The number of hydrogen-bond acceptors (Lipinski definition) is 2. The molecular formula is C14H13BrClNO. The summed E-state index contributed by atoms with van der Waals surface area (Å²) in [6.45, 7) is 1.96. The zero-order valence-electron chi connectivity index (χ0n) is 9.90. The number of halogens is 2. The molecule has 0 aliphatic heterocycles. The highest BCUT2D eigenvalue weighted by Crippen LogP contribution is 2.24. The van der Waals surface area contributed by atoms with Crippen LogP contribution in [0.4, 0.5) is 0 Å². The van der Waals surface area contributed by atoms with Gasteiger partial charge in [0.15, 0.2) is 0 Å². The third-order valence-electron chi connectivity index (χ3n) is 2.79. The van der Waals surface area contributed by atoms with Gasteiger partial charge in [0.25, 0.3) is 0 Å². The molecule has 2 nitrogen and oxygen atoms in total. The molecule has 0 aliphatic carbocycles. The minimum absolute atomic E-state index is 0.481. The SMILES string of the molecule is Cc1ccc(Cl)cc1C(O)Cc1ccc(Br)cn1. The Morgan fingerprint density at radius 2 is 2.11 bits per heavy atom. The fourth-order valence-electron chi connectivity index (χ4n) is 1.81. The Morgan fingerprint density at radius 3 is 2.78 bits per heavy atom. The smallest absolute Gasteiger partial charge is 0.0848 e. The average molecular weight is 327 g/mol. The van der Waals surface area contributed by atoms with Crippen LogP contribution in [-0.4, -0.2) is 10.1 Å². The summed E-state index contributed by atoms with van der Waals surface area (Å²) in [5.74, 6) is 0. The molecule has 1 atom stereocenters. The maximum absolute atomic E-state index is 10.2. The lowest BCUT2D eigenvalue weighted by Crippen LogP contribution is -2.05. The molecule has 1 N–H and O–H groups in total. The van der Waals surface area contributed by atoms with Gasteiger partial charge in [-0.25, -0.2) is 0 Å². The Balaban J connectivity index is 2.18. The van der Waals surface area contributed by atoms with Crippen molar-refractivity contribution in [3.8, 4) is 0 Å². The standard InChI is InChI=1S/C14H13BrClNO/c1-9-2-4-11(16)6-13(9)14(18)7-12-5-3-10(15)8-17-12/h2-6,8,14,18H,7H2,1H3. The quantitative estimate of drug-likeness (QED) is 0.922. The lowest BCUT2D eigenvalue weighted by molar-refractivity contribution is 0.176. The first-order valence-electron chi connectivity index (χ1n) is 5.61. The maximum Gasteiger partial charge on any atom is 0.0848 e. The van der Waals surface area contributed by atoms with E-state index in [0.717, 1.165) is 21.3 Å². The van der Waals surface area contributed by atoms with Crippen molar-refractivity contribution in [3.05, 3.63) is 62.8 Å². The Bertz CT molecular complexity index is 542. The second-order valence-corrected chi connectivity index (χ2v) is 5.54. The fraction of sp³-hybridized carbons (Fsp3) is 0.214. The van der Waals surface area contributed by atoms with Gasteiger partial charge in [0.1, 0.15) is 0 Å². The van der Waals surface area contributed by atoms with Crippen molar-refractivity contribution < 1.29 is 5.11 Å². The van der Waals surface area contributed by atoms with Gasteiger partial charge in [-0.3, -0.25) is 4.98 Å². The lowest BCUT2D eigenvalue weighted by Gasteiger charge is -2.13. The van der Waals surface area contributed by atoms with E-state index in [9.17, 15) is 5.11 Å². The summed E-state index contributed by atoms with van der Waals surface area (Å²) in [5.41, 5.74) is 2.74. The van der Waals surface area contributed by atoms with Crippen LogP contribution in [0.25, 0.3) is 0 Å². The first-order chi connectivity index (χ1) is 8.56. The highest BCUT2D eigenvalue weighted by molar-refractivity contribution is 9.10. The van der Waals surface area contributed by atoms with Crippen LogP contribution in [-0.2, 0) is 6.42 Å². The molecule has 2 aromatic rings. The Kier molecular flexibility index (Phi) is 4.38. The first kappa shape index (κ1) is 13.5. The molecule has 0 aliphatic rings. The molecule has 0 radical (unpaired) electrons. The highest BCUT2D eigenvalue weighted by Gasteiger charge is 2.12. The van der Waals surface area contributed by atoms with Crippen LogP contribution in [0.2, 0.25) is 5.02 Å². The van der Waals surface area contributed by atoms with Gasteiger partial charge < -0.3 is 5.11 Å². The predicted octanol–water partition coefficient (Wildman–Crippen LogP) is 4.08. The monoisotopic (exact) mass is 325 g/mol. The summed E-state index contributed by atoms with van der Waals surface area (Å²) in [4.78, 5) is 4.26. The molecule has 0 spiro atoms. The van der Waals surface area contributed by atoms with Crippen molar-refractivity contribution in [1.29, 1.82) is 0 Å². The molecular weight excluding hydrogens is 314 g/mol. The molecule has 0 fully saturated rings. The fourth-order valence-corrected chi connectivity index (χ4v) is 2.22. The molecule has 4 heteroatoms. The number of aliphatic hydroxyl groups excluding tert-OH is 1. The van der Waals surface area contributed by atoms with Crippen LogP contribution in [0, 0.1) is 6.92 Å². The molecule has 1 aromatic heterocycles. The van der Waals surface area contributed by atoms with Gasteiger partial charge in [0.2, 0.25) is 0 Å². The molecule has 0 amide bonds. The van der Waals surface area contributed by atoms with Crippen molar-refractivity contribution in [2.45, 2.75) is 19.4 Å². The van der Waals surface area contributed by atoms with Gasteiger partial charge in [0.05, 0.1) is 6.10 Å². The third kappa shape index (κ3) is 3.31. The molecule has 1 unspecified atom stereocenters. The minimum Gasteiger partial charge on any atom is -0.388 e. The topological polar surface area (TPSA) is 33.1 Å². The van der Waals surface area contributed by atoms with E-state index in [4.69, 9.17) is 11.6 Å². The summed E-state index contributed by atoms with van der Waals surface area (Å²) in [5, 5.41) is 10.9. The van der Waals surface area contributed by atoms with Crippen molar-refractivity contribution >= 4 is 27.5 Å². The van der Waals surface area contributed by atoms with E-state index < -0.39 is 6.10 Å². The predicted molar refractivity (Wildman–Crippen MR) is 76.8 cm³/mol. The van der Waals surface area contributed by atoms with Crippen LogP contribution in [0.3, 0.4) is 0 Å². The van der Waals surface area contributed by atoms with Crippen molar-refractivity contribution in [1.82, 2.24) is 4.98 Å². The molecule has 2 rings (SSSR count). The van der Waals surface area contributed by atoms with Gasteiger partial charge in [-0.1, -0.05) is 17.7 Å². The molecule has 1 aromatic carbocycles. The van der Waals surface area contributed by atoms with Crippen LogP contribution in [0.5, 0.6) is 0 Å². The molecule has 0 saturated carbocycles. The average Bonchev–Trinajstić information content (AvgIpc) is 2.35. The van der Waals surface area contributed by atoms with E-state index in [-0.39, 0.29) is 0 Å². The van der Waals surface area contributed by atoms with E-state index in [1.54, 1.807) is 12.3 Å². The van der Waals surface area contributed by atoms with E-state index >= 15 is 0 Å². The zero-order chi connectivity index (χ0) is 13.1. The third-order valence-corrected chi connectivity index (χ3v) is 3.50. The van der Waals surface area contributed by atoms with Crippen molar-refractivity contribution in [3.63, 3.8) is 0 Å². The first-order valence-corrected chi connectivity index (χ1v) is 6.78. The minimum atomic E-state index is -0.586. The number of benzene rings is 1. The number of nitrogens with zero attached hydrogens (tertiary/aromatic N) is 1. The molecule has 0 bridgehead atoms. The van der Waals surface area contributed by atoms with Gasteiger partial charge in [0, 0.05) is 27.8 Å². The van der Waals surface area contributed by atoms with E-state index in [0.29, 0.717) is 11.4 Å². The van der Waals surface area contributed by atoms with Crippen LogP contribution in [0.1, 0.15) is 22.9 Å². The summed E-state index contributed by atoms with van der Waals surface area (Å²) < 4.78 is 0.930. The van der Waals surface area contributed by atoms with E-state index in [2.05, 4.69) is 20.9 Å². The van der Waals surface area contributed by atoms with E-state index in [1.165, 1.54) is 0 Å². The number of pyridine rings is 1. The molecule has 1 heterocycles. The Labute approximate surface area is 120 Å². The summed E-state index contributed by atoms with van der Waals surface area (Å²) in [6, 6.07) is 9.36. The summed E-state index contributed by atoms with van der Waals surface area (Å²) in [7, 11) is 0. The summed E-state index contributed by atoms with van der Waals surface area (Å²) in [6.07, 6.45) is 1.62. The summed E-state index contributed by atoms with van der Waals surface area (Å²) >= 11 is 9.29. The van der Waals surface area contributed by atoms with Crippen LogP contribution in [0.15, 0.2) is 41.0 Å². The maximum atomic E-state index is 10.2. The largest absolute Gasteiger partial charge is 0.388 e.